The quantitative estimate of drug-likeness (QED) is 0.532. The molecule has 144 valence electrons. The lowest BCUT2D eigenvalue weighted by atomic mass is 9.99. The number of hydrogen-bond donors (Lipinski definition) is 1. The first-order valence-electron chi connectivity index (χ1n) is 9.30. The summed E-state index contributed by atoms with van der Waals surface area (Å²) < 4.78 is 1.42. The predicted molar refractivity (Wildman–Crippen MR) is 116 cm³/mol. The van der Waals surface area contributed by atoms with Crippen LogP contribution in [0.4, 0.5) is 0 Å². The second-order valence-corrected chi connectivity index (χ2v) is 7.24. The summed E-state index contributed by atoms with van der Waals surface area (Å²) in [6.07, 6.45) is 1.63. The number of carbonyl (C=O) groups excluding carboxylic acids is 1. The summed E-state index contributed by atoms with van der Waals surface area (Å²) in [7, 11) is 0. The first kappa shape index (κ1) is 19.0. The third-order valence-electron chi connectivity index (χ3n) is 4.82. The van der Waals surface area contributed by atoms with Gasteiger partial charge in [-0.15, -0.1) is 0 Å². The van der Waals surface area contributed by atoms with Gasteiger partial charge in [0.2, 0.25) is 5.91 Å². The highest BCUT2D eigenvalue weighted by Gasteiger charge is 2.17. The molecule has 4 aromatic rings. The van der Waals surface area contributed by atoms with Gasteiger partial charge in [0.15, 0.2) is 0 Å². The van der Waals surface area contributed by atoms with Gasteiger partial charge in [0.05, 0.1) is 6.04 Å². The van der Waals surface area contributed by atoms with Gasteiger partial charge < -0.3 is 9.88 Å². The molecule has 0 unspecified atom stereocenters. The van der Waals surface area contributed by atoms with Crippen LogP contribution >= 0.6 is 11.6 Å². The van der Waals surface area contributed by atoms with E-state index < -0.39 is 0 Å². The molecule has 0 saturated heterocycles. The van der Waals surface area contributed by atoms with E-state index in [9.17, 15) is 9.59 Å². The molecule has 0 atom stereocenters. The molecule has 1 aromatic heterocycles. The van der Waals surface area contributed by atoms with Gasteiger partial charge in [-0.25, -0.2) is 0 Å². The van der Waals surface area contributed by atoms with Gasteiger partial charge in [0.1, 0.15) is 6.54 Å². The van der Waals surface area contributed by atoms with Crippen LogP contribution < -0.4 is 10.9 Å². The van der Waals surface area contributed by atoms with Crippen molar-refractivity contribution in [1.29, 1.82) is 0 Å². The minimum absolute atomic E-state index is 0.0619. The number of benzene rings is 3. The van der Waals surface area contributed by atoms with E-state index in [4.69, 9.17) is 11.6 Å². The van der Waals surface area contributed by atoms with E-state index >= 15 is 0 Å². The smallest absolute Gasteiger partial charge is 0.258 e. The Bertz CT molecular complexity index is 1160. The number of hydrogen-bond acceptors (Lipinski definition) is 2. The number of rotatable bonds is 5. The maximum atomic E-state index is 12.8. The lowest BCUT2D eigenvalue weighted by molar-refractivity contribution is -0.122. The molecule has 1 amide bonds. The van der Waals surface area contributed by atoms with Gasteiger partial charge in [-0.2, -0.15) is 0 Å². The topological polar surface area (TPSA) is 51.1 Å². The molecule has 1 N–H and O–H groups in total. The van der Waals surface area contributed by atoms with Gasteiger partial charge in [0.25, 0.3) is 5.56 Å². The van der Waals surface area contributed by atoms with E-state index in [-0.39, 0.29) is 24.1 Å². The zero-order valence-corrected chi connectivity index (χ0v) is 16.3. The summed E-state index contributed by atoms with van der Waals surface area (Å²) in [5, 5.41) is 4.92. The van der Waals surface area contributed by atoms with Crippen molar-refractivity contribution < 1.29 is 4.79 Å². The molecule has 1 heterocycles. The summed E-state index contributed by atoms with van der Waals surface area (Å²) in [6.45, 7) is -0.0619. The Morgan fingerprint density at radius 2 is 1.52 bits per heavy atom. The zero-order valence-electron chi connectivity index (χ0n) is 15.6. The van der Waals surface area contributed by atoms with Gasteiger partial charge in [0, 0.05) is 16.6 Å². The largest absolute Gasteiger partial charge is 0.344 e. The van der Waals surface area contributed by atoms with E-state index in [2.05, 4.69) is 5.32 Å². The number of halogens is 1. The van der Waals surface area contributed by atoms with Crippen LogP contribution in [0.15, 0.2) is 95.9 Å². The van der Waals surface area contributed by atoms with Crippen LogP contribution in [0.2, 0.25) is 5.02 Å². The Balaban J connectivity index is 1.60. The molecule has 29 heavy (non-hydrogen) atoms. The molecular formula is C24H19ClN2O2. The summed E-state index contributed by atoms with van der Waals surface area (Å²) in [6, 6.07) is 26.1. The van der Waals surface area contributed by atoms with Crippen molar-refractivity contribution in [2.45, 2.75) is 12.6 Å². The fourth-order valence-corrected chi connectivity index (χ4v) is 3.58. The van der Waals surface area contributed by atoms with Crippen LogP contribution in [-0.4, -0.2) is 10.5 Å². The second-order valence-electron chi connectivity index (χ2n) is 6.80. The highest BCUT2D eigenvalue weighted by Crippen LogP contribution is 2.22. The average Bonchev–Trinajstić information content (AvgIpc) is 2.75. The fourth-order valence-electron chi connectivity index (χ4n) is 3.39. The predicted octanol–water partition coefficient (Wildman–Crippen LogP) is 4.56. The molecule has 0 spiro atoms. The molecule has 0 bridgehead atoms. The zero-order chi connectivity index (χ0) is 20.2. The molecule has 4 nitrogen and oxygen atoms in total. The fraction of sp³-hybridized carbons (Fsp3) is 0.0833. The van der Waals surface area contributed by atoms with Crippen LogP contribution in [0, 0.1) is 0 Å². The van der Waals surface area contributed by atoms with Gasteiger partial charge in [-0.1, -0.05) is 72.3 Å². The highest BCUT2D eigenvalue weighted by molar-refractivity contribution is 6.31. The monoisotopic (exact) mass is 402 g/mol. The standard InChI is InChI=1S/C24H19ClN2O2/c25-20-11-12-21-19(15-20)13-14-27(24(21)29)16-22(28)26-23(17-7-3-1-4-8-17)18-9-5-2-6-10-18/h1-15,23H,16H2,(H,26,28). The number of nitrogens with one attached hydrogen (secondary N) is 1. The Hall–Kier alpha value is -3.37. The van der Waals surface area contributed by atoms with Crippen LogP contribution in [0.1, 0.15) is 17.2 Å². The molecule has 5 heteroatoms. The molecule has 0 fully saturated rings. The van der Waals surface area contributed by atoms with Crippen molar-refractivity contribution in [3.05, 3.63) is 118 Å². The van der Waals surface area contributed by atoms with Crippen molar-refractivity contribution in [2.75, 3.05) is 0 Å². The Morgan fingerprint density at radius 1 is 0.897 bits per heavy atom. The summed E-state index contributed by atoms with van der Waals surface area (Å²) in [4.78, 5) is 25.6. The molecule has 4 rings (SSSR count). The summed E-state index contributed by atoms with van der Waals surface area (Å²) >= 11 is 6.00. The molecule has 3 aromatic carbocycles. The van der Waals surface area contributed by atoms with E-state index in [0.29, 0.717) is 10.4 Å². The highest BCUT2D eigenvalue weighted by atomic mass is 35.5. The molecular weight excluding hydrogens is 384 g/mol. The average molecular weight is 403 g/mol. The van der Waals surface area contributed by atoms with E-state index in [1.54, 1.807) is 30.5 Å². The Morgan fingerprint density at radius 3 is 2.14 bits per heavy atom. The summed E-state index contributed by atoms with van der Waals surface area (Å²) in [5.41, 5.74) is 1.74. The second kappa shape index (κ2) is 8.33. The van der Waals surface area contributed by atoms with Crippen molar-refractivity contribution >= 4 is 28.3 Å². The van der Waals surface area contributed by atoms with E-state index in [1.807, 2.05) is 60.7 Å². The maximum absolute atomic E-state index is 12.8. The van der Waals surface area contributed by atoms with Gasteiger partial charge in [-0.3, -0.25) is 9.59 Å². The molecule has 0 radical (unpaired) electrons. The van der Waals surface area contributed by atoms with Crippen molar-refractivity contribution in [2.24, 2.45) is 0 Å². The van der Waals surface area contributed by atoms with Crippen molar-refractivity contribution in [3.63, 3.8) is 0 Å². The first-order valence-corrected chi connectivity index (χ1v) is 9.67. The van der Waals surface area contributed by atoms with E-state index in [0.717, 1.165) is 16.5 Å². The molecule has 0 saturated carbocycles. The lowest BCUT2D eigenvalue weighted by Gasteiger charge is -2.20. The number of carbonyl (C=O) groups is 1. The lowest BCUT2D eigenvalue weighted by Crippen LogP contribution is -2.35. The maximum Gasteiger partial charge on any atom is 0.258 e. The van der Waals surface area contributed by atoms with Gasteiger partial charge >= 0.3 is 0 Å². The normalized spacial score (nSPS) is 11.0. The van der Waals surface area contributed by atoms with E-state index in [1.165, 1.54) is 4.57 Å². The number of nitrogens with zero attached hydrogens (tertiary/aromatic N) is 1. The minimum atomic E-state index is -0.292. The van der Waals surface area contributed by atoms with Crippen LogP contribution in [0.25, 0.3) is 10.8 Å². The molecule has 0 aliphatic rings. The first-order chi connectivity index (χ1) is 14.1. The molecule has 0 aliphatic heterocycles. The van der Waals surface area contributed by atoms with Crippen molar-refractivity contribution in [3.8, 4) is 0 Å². The Labute approximate surface area is 173 Å². The number of pyridine rings is 1. The Kier molecular flexibility index (Phi) is 5.45. The van der Waals surface area contributed by atoms with Crippen LogP contribution in [-0.2, 0) is 11.3 Å². The minimum Gasteiger partial charge on any atom is -0.344 e. The van der Waals surface area contributed by atoms with Crippen LogP contribution in [0.3, 0.4) is 0 Å². The summed E-state index contributed by atoms with van der Waals surface area (Å²) in [5.74, 6) is -0.238. The number of aromatic nitrogens is 1. The molecule has 0 aliphatic carbocycles. The SMILES string of the molecule is O=C(Cn1ccc2cc(Cl)ccc2c1=O)NC(c1ccccc1)c1ccccc1. The van der Waals surface area contributed by atoms with Gasteiger partial charge in [-0.05, 0) is 40.8 Å². The number of fused-ring (bicyclic) bond motifs is 1. The van der Waals surface area contributed by atoms with Crippen LogP contribution in [0.5, 0.6) is 0 Å². The third kappa shape index (κ3) is 4.23. The third-order valence-corrected chi connectivity index (χ3v) is 5.06. The van der Waals surface area contributed by atoms with Crippen molar-refractivity contribution in [1.82, 2.24) is 9.88 Å². The number of amides is 1.